The van der Waals surface area contributed by atoms with E-state index in [4.69, 9.17) is 19.9 Å². The molecule has 8 aromatic carbocycles. The van der Waals surface area contributed by atoms with Crippen molar-refractivity contribution in [3.63, 3.8) is 0 Å². The first-order valence-corrected chi connectivity index (χ1v) is 18.8. The summed E-state index contributed by atoms with van der Waals surface area (Å²) in [5, 5.41) is 9.13. The van der Waals surface area contributed by atoms with Crippen LogP contribution in [-0.2, 0) is 0 Å². The third kappa shape index (κ3) is 4.44. The van der Waals surface area contributed by atoms with Gasteiger partial charge in [-0.1, -0.05) is 146 Å². The van der Waals surface area contributed by atoms with Gasteiger partial charge in [0.2, 0.25) is 5.95 Å². The zero-order chi connectivity index (χ0) is 36.7. The summed E-state index contributed by atoms with van der Waals surface area (Å²) < 4.78 is 4.49. The molecule has 0 N–H and O–H groups in total. The van der Waals surface area contributed by atoms with Crippen molar-refractivity contribution < 1.29 is 0 Å². The summed E-state index contributed by atoms with van der Waals surface area (Å²) in [6, 6.07) is 61.4. The maximum atomic E-state index is 5.44. The van der Waals surface area contributed by atoms with Crippen LogP contribution in [0.2, 0.25) is 0 Å². The first-order valence-electron chi connectivity index (χ1n) is 18.8. The number of hydrogen-bond donors (Lipinski definition) is 0. The molecule has 4 aromatic heterocycles. The van der Waals surface area contributed by atoms with E-state index in [0.717, 1.165) is 93.8 Å². The first kappa shape index (κ1) is 30.7. The van der Waals surface area contributed by atoms with Crippen molar-refractivity contribution in [1.29, 1.82) is 0 Å². The number of fused-ring (bicyclic) bond motifs is 13. The van der Waals surface area contributed by atoms with Crippen LogP contribution in [0, 0.1) is 0 Å². The van der Waals surface area contributed by atoms with Gasteiger partial charge in [-0.3, -0.25) is 14.1 Å². The molecule has 12 aromatic rings. The van der Waals surface area contributed by atoms with E-state index in [1.165, 1.54) is 10.8 Å². The molecule has 0 saturated carbocycles. The largest absolute Gasteiger partial charge is 0.292 e. The molecule has 4 heterocycles. The van der Waals surface area contributed by atoms with Crippen LogP contribution in [0.15, 0.2) is 182 Å². The van der Waals surface area contributed by atoms with Crippen LogP contribution >= 0.6 is 0 Å². The van der Waals surface area contributed by atoms with Gasteiger partial charge in [0, 0.05) is 43.4 Å². The summed E-state index contributed by atoms with van der Waals surface area (Å²) in [7, 11) is 0. The van der Waals surface area contributed by atoms with Crippen LogP contribution in [0.25, 0.3) is 110 Å². The van der Waals surface area contributed by atoms with Crippen molar-refractivity contribution in [3.05, 3.63) is 182 Å². The van der Waals surface area contributed by atoms with E-state index in [2.05, 4.69) is 173 Å². The molecule has 12 rings (SSSR count). The number of aromatic nitrogens is 6. The lowest BCUT2D eigenvalue weighted by atomic mass is 10.00. The predicted molar refractivity (Wildman–Crippen MR) is 230 cm³/mol. The molecule has 0 radical (unpaired) electrons. The van der Waals surface area contributed by atoms with Gasteiger partial charge < -0.3 is 0 Å². The van der Waals surface area contributed by atoms with E-state index in [9.17, 15) is 0 Å². The smallest absolute Gasteiger partial charge is 0.235 e. The Bertz CT molecular complexity index is 3440. The van der Waals surface area contributed by atoms with Crippen molar-refractivity contribution in [2.24, 2.45) is 0 Å². The molecule has 6 heteroatoms. The van der Waals surface area contributed by atoms with Gasteiger partial charge in [0.1, 0.15) is 0 Å². The summed E-state index contributed by atoms with van der Waals surface area (Å²) in [6.07, 6.45) is 1.93. The number of benzene rings is 8. The Balaban J connectivity index is 1.16. The average molecular weight is 715 g/mol. The topological polar surface area (TPSA) is 61.4 Å². The maximum absolute atomic E-state index is 5.44. The standard InChI is InChI=1S/C50H30N6/c1-3-15-31(16-4-1)39-29-40(32-17-5-2-6-18-32)53-50(52-39)56-42-26-14-12-24-38(42)47-44(56)28-27-43-46(47)37-23-11-13-25-41(37)55(43)45-30-51-48-35-21-9-7-19-33(35)34-20-8-10-22-36(34)49(48)54-45/h1-30H. The normalized spacial score (nSPS) is 11.9. The van der Waals surface area contributed by atoms with Crippen LogP contribution < -0.4 is 0 Å². The van der Waals surface area contributed by atoms with E-state index in [0.29, 0.717) is 5.95 Å². The molecule has 0 amide bonds. The number of rotatable bonds is 4. The highest BCUT2D eigenvalue weighted by Gasteiger charge is 2.23. The molecule has 0 unspecified atom stereocenters. The second kappa shape index (κ2) is 11.9. The molecule has 0 saturated heterocycles. The van der Waals surface area contributed by atoms with Crippen LogP contribution in [0.1, 0.15) is 0 Å². The van der Waals surface area contributed by atoms with Crippen molar-refractivity contribution in [2.75, 3.05) is 0 Å². The van der Waals surface area contributed by atoms with Crippen molar-refractivity contribution >= 4 is 76.2 Å². The molecule has 260 valence electrons. The molecule has 56 heavy (non-hydrogen) atoms. The molecular formula is C50H30N6. The Morgan fingerprint density at radius 1 is 0.339 bits per heavy atom. The highest BCUT2D eigenvalue weighted by molar-refractivity contribution is 6.29. The SMILES string of the molecule is c1ccc(-c2cc(-c3ccccc3)nc(-n3c4ccccc4c4c5c6ccccc6n(-c6cnc7c8ccccc8c8ccccc8c7n6)c5ccc43)n2)cc1. The minimum Gasteiger partial charge on any atom is -0.292 e. The van der Waals surface area contributed by atoms with Gasteiger partial charge in [-0.15, -0.1) is 0 Å². The van der Waals surface area contributed by atoms with Gasteiger partial charge in [-0.25, -0.2) is 15.0 Å². The summed E-state index contributed by atoms with van der Waals surface area (Å²) in [5.41, 5.74) is 9.82. The van der Waals surface area contributed by atoms with Gasteiger partial charge in [-0.05, 0) is 41.1 Å². The number of para-hydroxylation sites is 2. The van der Waals surface area contributed by atoms with Gasteiger partial charge in [-0.2, -0.15) is 0 Å². The van der Waals surface area contributed by atoms with Crippen LogP contribution in [0.5, 0.6) is 0 Å². The summed E-state index contributed by atoms with van der Waals surface area (Å²) in [6.45, 7) is 0. The lowest BCUT2D eigenvalue weighted by Crippen LogP contribution is -2.04. The fourth-order valence-corrected chi connectivity index (χ4v) is 8.75. The zero-order valence-corrected chi connectivity index (χ0v) is 30.0. The van der Waals surface area contributed by atoms with Crippen LogP contribution in [-0.4, -0.2) is 29.1 Å². The monoisotopic (exact) mass is 714 g/mol. The quantitative estimate of drug-likeness (QED) is 0.170. The van der Waals surface area contributed by atoms with Gasteiger partial charge in [0.25, 0.3) is 0 Å². The van der Waals surface area contributed by atoms with Crippen molar-refractivity contribution in [2.45, 2.75) is 0 Å². The maximum Gasteiger partial charge on any atom is 0.235 e. The zero-order valence-electron chi connectivity index (χ0n) is 30.0. The van der Waals surface area contributed by atoms with E-state index in [1.807, 2.05) is 18.3 Å². The minimum atomic E-state index is 0.624. The first-order chi connectivity index (χ1) is 27.8. The van der Waals surface area contributed by atoms with E-state index in [-0.39, 0.29) is 0 Å². The molecular weight excluding hydrogens is 685 g/mol. The summed E-state index contributed by atoms with van der Waals surface area (Å²) in [5.74, 6) is 1.40. The second-order valence-corrected chi connectivity index (χ2v) is 14.2. The predicted octanol–water partition coefficient (Wildman–Crippen LogP) is 12.3. The molecule has 0 aliphatic carbocycles. The van der Waals surface area contributed by atoms with Crippen LogP contribution in [0.3, 0.4) is 0 Å². The Labute approximate surface area is 320 Å². The Kier molecular flexibility index (Phi) is 6.53. The Hall–Kier alpha value is -7.70. The highest BCUT2D eigenvalue weighted by atomic mass is 15.2. The Morgan fingerprint density at radius 3 is 1.36 bits per heavy atom. The van der Waals surface area contributed by atoms with Gasteiger partial charge in [0.05, 0.1) is 50.7 Å². The number of nitrogens with zero attached hydrogens (tertiary/aromatic N) is 6. The Morgan fingerprint density at radius 2 is 0.786 bits per heavy atom. The molecule has 0 aliphatic rings. The molecule has 0 atom stereocenters. The molecule has 0 aliphatic heterocycles. The van der Waals surface area contributed by atoms with E-state index in [1.54, 1.807) is 0 Å². The van der Waals surface area contributed by atoms with E-state index < -0.39 is 0 Å². The fourth-order valence-electron chi connectivity index (χ4n) is 8.75. The highest BCUT2D eigenvalue weighted by Crippen LogP contribution is 2.43. The second-order valence-electron chi connectivity index (χ2n) is 14.2. The van der Waals surface area contributed by atoms with E-state index >= 15 is 0 Å². The van der Waals surface area contributed by atoms with Crippen molar-refractivity contribution in [3.8, 4) is 34.3 Å². The number of hydrogen-bond acceptors (Lipinski definition) is 4. The van der Waals surface area contributed by atoms with Crippen LogP contribution in [0.4, 0.5) is 0 Å². The van der Waals surface area contributed by atoms with Gasteiger partial charge >= 0.3 is 0 Å². The lowest BCUT2D eigenvalue weighted by molar-refractivity contribution is 0.995. The molecule has 6 nitrogen and oxygen atoms in total. The fraction of sp³-hybridized carbons (Fsp3) is 0. The average Bonchev–Trinajstić information content (AvgIpc) is 3.80. The minimum absolute atomic E-state index is 0.624. The molecule has 0 bridgehead atoms. The third-order valence-electron chi connectivity index (χ3n) is 11.2. The molecule has 0 spiro atoms. The summed E-state index contributed by atoms with van der Waals surface area (Å²) >= 11 is 0. The lowest BCUT2D eigenvalue weighted by Gasteiger charge is -2.12. The third-order valence-corrected chi connectivity index (χ3v) is 11.2. The molecule has 0 fully saturated rings. The van der Waals surface area contributed by atoms with Gasteiger partial charge in [0.15, 0.2) is 5.82 Å². The summed E-state index contributed by atoms with van der Waals surface area (Å²) in [4.78, 5) is 21.1. The van der Waals surface area contributed by atoms with Crippen molar-refractivity contribution in [1.82, 2.24) is 29.1 Å².